The second-order valence-electron chi connectivity index (χ2n) is 16.9. The van der Waals surface area contributed by atoms with E-state index in [1.54, 1.807) is 0 Å². The van der Waals surface area contributed by atoms with Gasteiger partial charge in [0.05, 0.1) is 12.1 Å². The fourth-order valence-corrected chi connectivity index (χ4v) is 5.31. The summed E-state index contributed by atoms with van der Waals surface area (Å²) in [6, 6.07) is 8.53. The molecule has 1 fully saturated rings. The van der Waals surface area contributed by atoms with Crippen molar-refractivity contribution >= 4 is 20.2 Å². The van der Waals surface area contributed by atoms with Crippen molar-refractivity contribution in [3.05, 3.63) is 57.6 Å². The van der Waals surface area contributed by atoms with Gasteiger partial charge in [-0.25, -0.2) is 0 Å². The van der Waals surface area contributed by atoms with Gasteiger partial charge in [-0.15, -0.1) is 0 Å². The van der Waals surface area contributed by atoms with E-state index in [0.29, 0.717) is 11.5 Å². The van der Waals surface area contributed by atoms with Crippen molar-refractivity contribution in [2.45, 2.75) is 143 Å². The van der Waals surface area contributed by atoms with Crippen molar-refractivity contribution in [3.8, 4) is 11.5 Å². The number of hydrogen-bond donors (Lipinski definition) is 2. The molecule has 0 unspecified atom stereocenters. The van der Waals surface area contributed by atoms with Crippen LogP contribution >= 0.6 is 7.81 Å². The van der Waals surface area contributed by atoms with E-state index < -0.39 is 7.81 Å². The van der Waals surface area contributed by atoms with Crippen LogP contribution in [0.5, 0.6) is 11.5 Å². The first-order valence-corrected chi connectivity index (χ1v) is 18.1. The van der Waals surface area contributed by atoms with E-state index in [1.807, 2.05) is 12.4 Å². The molecule has 277 valence electrons. The summed E-state index contributed by atoms with van der Waals surface area (Å²) in [6.45, 7) is 26.0. The number of aromatic hydroxyl groups is 2. The zero-order chi connectivity index (χ0) is 36.7. The molecule has 1 saturated carbocycles. The summed E-state index contributed by atoms with van der Waals surface area (Å²) in [5.41, 5.74) is 5.39. The van der Waals surface area contributed by atoms with Crippen molar-refractivity contribution in [2.24, 2.45) is 9.98 Å². The fraction of sp³-hybridized carbons (Fsp3) is 0.611. The van der Waals surface area contributed by atoms with E-state index in [9.17, 15) is 35.4 Å². The molecule has 4 nitrogen and oxygen atoms in total. The third-order valence-corrected chi connectivity index (χ3v) is 8.13. The van der Waals surface area contributed by atoms with E-state index in [1.165, 1.54) is 11.1 Å². The van der Waals surface area contributed by atoms with Gasteiger partial charge in [0.15, 0.2) is 0 Å². The number of aliphatic imine (C=N–C) groups is 2. The maximum atomic E-state index is 11.2. The summed E-state index contributed by atoms with van der Waals surface area (Å²) in [4.78, 5) is 10.1. The Labute approximate surface area is 293 Å². The second-order valence-corrected chi connectivity index (χ2v) is 18.8. The predicted octanol–water partition coefficient (Wildman–Crippen LogP) is 12.5. The number of benzene rings is 2. The molecule has 0 saturated heterocycles. The molecule has 48 heavy (non-hydrogen) atoms. The molecule has 3 rings (SSSR count). The summed E-state index contributed by atoms with van der Waals surface area (Å²) in [5, 5.41) is 22.5. The van der Waals surface area contributed by atoms with Crippen molar-refractivity contribution in [1.29, 1.82) is 0 Å². The van der Waals surface area contributed by atoms with Crippen LogP contribution < -0.4 is 0 Å². The summed E-state index contributed by atoms with van der Waals surface area (Å²) in [5.74, 6) is 0.637. The molecular weight excluding hydrogens is 696 g/mol. The molecule has 1 radical (unpaired) electrons. The standard InChI is InChI=1S/C36H54N2O2.Co.F6P/c1-33(2,3)25-17-23(31(39)27(19-25)35(7,8)9)21-37-29-15-13-14-16-30(29)38-22-24-18-26(34(4,5)6)20-28(32(24)40)36(10,11)12;;1-7(2,3,4,5)6/h17-22,29-30,39-40H,13-16H2,1-12H3;;/q;;-1/t29-,30-;;/m1../s1. The number of phenols is 2. The van der Waals surface area contributed by atoms with E-state index >= 15 is 0 Å². The number of halogens is 6. The van der Waals surface area contributed by atoms with Crippen molar-refractivity contribution in [2.75, 3.05) is 0 Å². The van der Waals surface area contributed by atoms with Gasteiger partial charge in [0, 0.05) is 51.5 Å². The first-order valence-electron chi connectivity index (χ1n) is 16.0. The van der Waals surface area contributed by atoms with E-state index in [-0.39, 0.29) is 50.5 Å². The third-order valence-electron chi connectivity index (χ3n) is 8.13. The Morgan fingerprint density at radius 2 is 0.833 bits per heavy atom. The molecule has 2 aromatic carbocycles. The molecule has 0 aliphatic heterocycles. The van der Waals surface area contributed by atoms with Crippen LogP contribution in [-0.2, 0) is 38.4 Å². The van der Waals surface area contributed by atoms with Gasteiger partial charge < -0.3 is 10.2 Å². The molecular formula is C36H54CoF6N2O2P-. The molecule has 12 heteroatoms. The molecule has 0 spiro atoms. The first kappa shape index (κ1) is 43.9. The van der Waals surface area contributed by atoms with Gasteiger partial charge in [-0.3, -0.25) is 9.98 Å². The molecule has 0 aromatic heterocycles. The normalized spacial score (nSPS) is 19.7. The van der Waals surface area contributed by atoms with Gasteiger partial charge in [-0.1, -0.05) is 108 Å². The Hall–Kier alpha value is -2.10. The molecule has 2 N–H and O–H groups in total. The smallest absolute Gasteiger partial charge is 0 e. The summed E-state index contributed by atoms with van der Waals surface area (Å²) in [7, 11) is -10.7. The Balaban J connectivity index is 0.00000130. The van der Waals surface area contributed by atoms with E-state index in [2.05, 4.69) is 107 Å². The van der Waals surface area contributed by atoms with Crippen LogP contribution in [0.25, 0.3) is 0 Å². The Kier molecular flexibility index (Phi) is 12.7. The van der Waals surface area contributed by atoms with Gasteiger partial charge in [-0.05, 0) is 57.8 Å². The molecule has 0 heterocycles. The van der Waals surface area contributed by atoms with Gasteiger partial charge in [0.2, 0.25) is 0 Å². The number of rotatable bonds is 4. The minimum atomic E-state index is -10.7. The Morgan fingerprint density at radius 1 is 0.562 bits per heavy atom. The predicted molar refractivity (Wildman–Crippen MR) is 186 cm³/mol. The average molecular weight is 751 g/mol. The molecule has 0 bridgehead atoms. The zero-order valence-electron chi connectivity index (χ0n) is 30.3. The molecule has 2 atom stereocenters. The monoisotopic (exact) mass is 750 g/mol. The summed E-state index contributed by atoms with van der Waals surface area (Å²) >= 11 is 0. The van der Waals surface area contributed by atoms with Crippen LogP contribution in [0.1, 0.15) is 142 Å². The third kappa shape index (κ3) is 14.4. The van der Waals surface area contributed by atoms with E-state index in [0.717, 1.165) is 47.9 Å². The quantitative estimate of drug-likeness (QED) is 0.186. The van der Waals surface area contributed by atoms with Gasteiger partial charge >= 0.3 is 33.0 Å². The summed E-state index contributed by atoms with van der Waals surface area (Å²) in [6.07, 6.45) is 7.90. The first-order chi connectivity index (χ1) is 20.6. The maximum Gasteiger partial charge on any atom is 0 e. The van der Waals surface area contributed by atoms with Crippen LogP contribution in [0.2, 0.25) is 0 Å². The van der Waals surface area contributed by atoms with Crippen molar-refractivity contribution in [3.63, 3.8) is 0 Å². The van der Waals surface area contributed by atoms with E-state index in [4.69, 9.17) is 9.98 Å². The van der Waals surface area contributed by atoms with Crippen molar-refractivity contribution < 1.29 is 52.2 Å². The van der Waals surface area contributed by atoms with Crippen LogP contribution in [0.15, 0.2) is 34.3 Å². The minimum absolute atomic E-state index is 0. The largest absolute Gasteiger partial charge is 0 e. The number of hydrogen-bond acceptors (Lipinski definition) is 4. The van der Waals surface area contributed by atoms with Gasteiger partial charge in [-0.2, -0.15) is 0 Å². The Bertz CT molecular complexity index is 1390. The van der Waals surface area contributed by atoms with Crippen LogP contribution in [0.3, 0.4) is 0 Å². The van der Waals surface area contributed by atoms with Crippen LogP contribution in [-0.4, -0.2) is 34.7 Å². The molecule has 2 aromatic rings. The topological polar surface area (TPSA) is 65.2 Å². The maximum absolute atomic E-state index is 11.2. The zero-order valence-corrected chi connectivity index (χ0v) is 32.2. The Morgan fingerprint density at radius 3 is 1.06 bits per heavy atom. The fourth-order valence-electron chi connectivity index (χ4n) is 5.31. The SMILES string of the molecule is CC(C)(C)c1cc(C=N[C@@H]2CCCC[C@H]2N=Cc2cc(C(C)(C)C)cc(C(C)(C)C)c2O)c(O)c(C(C)(C)C)c1.F[P-](F)(F)(F)(F)F.[Co]. The second kappa shape index (κ2) is 13.9. The number of nitrogens with zero attached hydrogens (tertiary/aromatic N) is 2. The number of phenolic OH excluding ortho intramolecular Hbond substituents is 2. The van der Waals surface area contributed by atoms with Crippen LogP contribution in [0.4, 0.5) is 25.2 Å². The van der Waals surface area contributed by atoms with Crippen molar-refractivity contribution in [1.82, 2.24) is 0 Å². The average Bonchev–Trinajstić information content (AvgIpc) is 2.83. The van der Waals surface area contributed by atoms with Gasteiger partial charge in [0.1, 0.15) is 11.5 Å². The van der Waals surface area contributed by atoms with Gasteiger partial charge in [0.25, 0.3) is 0 Å². The minimum Gasteiger partial charge on any atom is 0 e. The summed E-state index contributed by atoms with van der Waals surface area (Å²) < 4.78 is 59.2. The molecule has 1 aliphatic carbocycles. The molecule has 0 amide bonds. The molecule has 1 aliphatic rings. The van der Waals surface area contributed by atoms with Crippen LogP contribution in [0, 0.1) is 0 Å².